The van der Waals surface area contributed by atoms with E-state index in [1.54, 1.807) is 7.11 Å². The van der Waals surface area contributed by atoms with Crippen molar-refractivity contribution in [3.63, 3.8) is 0 Å². The average Bonchev–Trinajstić information content (AvgIpc) is 3.37. The number of likely N-dealkylation sites (N-methyl/N-ethyl adjacent to an activating group) is 1. The highest BCUT2D eigenvalue weighted by Crippen LogP contribution is 2.41. The van der Waals surface area contributed by atoms with Gasteiger partial charge in [0.05, 0.1) is 7.11 Å². The van der Waals surface area contributed by atoms with Gasteiger partial charge in [-0.15, -0.1) is 0 Å². The Labute approximate surface area is 180 Å². The van der Waals surface area contributed by atoms with Crippen LogP contribution < -0.4 is 15.4 Å². The molecule has 0 radical (unpaired) electrons. The smallest absolute Gasteiger partial charge is 0.321 e. The first-order valence-corrected chi connectivity index (χ1v) is 10.6. The normalized spacial score (nSPS) is 19.7. The molecular formula is C23H26N4O4. The number of nitrogens with zero attached hydrogens (tertiary/aromatic N) is 2. The van der Waals surface area contributed by atoms with Crippen LogP contribution in [0.1, 0.15) is 17.9 Å². The Morgan fingerprint density at radius 1 is 1.19 bits per heavy atom. The van der Waals surface area contributed by atoms with E-state index in [2.05, 4.69) is 22.6 Å². The number of nitrogens with one attached hydrogen (secondary N) is 2. The number of hydrogen-bond donors (Lipinski definition) is 2. The fraction of sp³-hybridized carbons (Fsp3) is 0.391. The van der Waals surface area contributed by atoms with Crippen molar-refractivity contribution in [2.75, 3.05) is 52.2 Å². The van der Waals surface area contributed by atoms with E-state index in [0.717, 1.165) is 35.0 Å². The molecule has 1 aromatic heterocycles. The average molecular weight is 422 g/mol. The quantitative estimate of drug-likeness (QED) is 0.678. The predicted octanol–water partition coefficient (Wildman–Crippen LogP) is 2.98. The van der Waals surface area contributed by atoms with Crippen molar-refractivity contribution in [2.45, 2.75) is 12.3 Å². The van der Waals surface area contributed by atoms with Gasteiger partial charge in [0.1, 0.15) is 5.58 Å². The van der Waals surface area contributed by atoms with Crippen LogP contribution in [0.2, 0.25) is 0 Å². The zero-order valence-electron chi connectivity index (χ0n) is 17.7. The number of ether oxygens (including phenoxy) is 1. The molecule has 2 aliphatic heterocycles. The number of urea groups is 1. The summed E-state index contributed by atoms with van der Waals surface area (Å²) in [6.45, 7) is 3.77. The molecule has 2 saturated heterocycles. The molecule has 31 heavy (non-hydrogen) atoms. The van der Waals surface area contributed by atoms with Gasteiger partial charge in [0.15, 0.2) is 11.3 Å². The second-order valence-corrected chi connectivity index (χ2v) is 8.30. The Balaban J connectivity index is 1.53. The van der Waals surface area contributed by atoms with Gasteiger partial charge in [-0.3, -0.25) is 4.79 Å². The zero-order valence-corrected chi connectivity index (χ0v) is 17.7. The third kappa shape index (κ3) is 3.57. The van der Waals surface area contributed by atoms with E-state index in [1.807, 2.05) is 35.2 Å². The first-order chi connectivity index (χ1) is 15.0. The highest BCUT2D eigenvalue weighted by Gasteiger charge is 2.27. The molecule has 3 aromatic rings. The highest BCUT2D eigenvalue weighted by molar-refractivity contribution is 6.10. The highest BCUT2D eigenvalue weighted by atomic mass is 16.5. The number of fused-ring (bicyclic) bond motifs is 3. The van der Waals surface area contributed by atoms with Crippen LogP contribution in [0.4, 0.5) is 10.5 Å². The van der Waals surface area contributed by atoms with Gasteiger partial charge in [0, 0.05) is 61.5 Å². The summed E-state index contributed by atoms with van der Waals surface area (Å²) in [6, 6.07) is 9.48. The Morgan fingerprint density at radius 2 is 2.00 bits per heavy atom. The molecule has 2 aliphatic rings. The second kappa shape index (κ2) is 7.77. The number of furan rings is 1. The molecule has 8 heteroatoms. The number of piperazine rings is 1. The van der Waals surface area contributed by atoms with Gasteiger partial charge in [0.25, 0.3) is 0 Å². The van der Waals surface area contributed by atoms with Gasteiger partial charge in [-0.2, -0.15) is 0 Å². The van der Waals surface area contributed by atoms with Crippen LogP contribution >= 0.6 is 0 Å². The van der Waals surface area contributed by atoms with Crippen molar-refractivity contribution < 1.29 is 18.7 Å². The van der Waals surface area contributed by atoms with Gasteiger partial charge in [-0.1, -0.05) is 6.07 Å². The molecule has 8 nitrogen and oxygen atoms in total. The van der Waals surface area contributed by atoms with Crippen LogP contribution in [0.15, 0.2) is 34.7 Å². The molecule has 5 rings (SSSR count). The minimum absolute atomic E-state index is 0.0573. The van der Waals surface area contributed by atoms with Crippen molar-refractivity contribution in [3.05, 3.63) is 35.9 Å². The van der Waals surface area contributed by atoms with Crippen LogP contribution in [0, 0.1) is 0 Å². The number of carbonyl (C=O) groups excluding carboxylic acids is 2. The van der Waals surface area contributed by atoms with E-state index in [4.69, 9.17) is 9.15 Å². The Hall–Kier alpha value is -3.26. The molecule has 2 aromatic carbocycles. The lowest BCUT2D eigenvalue weighted by molar-refractivity contribution is -0.119. The van der Waals surface area contributed by atoms with E-state index >= 15 is 0 Å². The number of rotatable bonds is 3. The Morgan fingerprint density at radius 3 is 2.71 bits per heavy atom. The maximum atomic E-state index is 12.7. The van der Waals surface area contributed by atoms with E-state index in [-0.39, 0.29) is 17.9 Å². The standard InChI is InChI=1S/C23H26N4O4/c1-26-7-9-27(10-8-26)23(29)25-15-3-5-18-17(12-15)21-16(14-11-20(28)24-13-14)4-6-19(30-2)22(21)31-18/h3-6,12,14H,7-11,13H2,1-2H3,(H,24,28)(H,25,29). The first kappa shape index (κ1) is 19.7. The largest absolute Gasteiger partial charge is 0.493 e. The van der Waals surface area contributed by atoms with Crippen LogP contribution in [0.5, 0.6) is 5.75 Å². The summed E-state index contributed by atoms with van der Waals surface area (Å²) in [5.74, 6) is 0.780. The van der Waals surface area contributed by atoms with Crippen LogP contribution in [0.3, 0.4) is 0 Å². The van der Waals surface area contributed by atoms with Crippen molar-refractivity contribution in [2.24, 2.45) is 0 Å². The Kier molecular flexibility index (Phi) is 4.94. The van der Waals surface area contributed by atoms with E-state index < -0.39 is 0 Å². The lowest BCUT2D eigenvalue weighted by atomic mass is 9.93. The van der Waals surface area contributed by atoms with Crippen LogP contribution in [-0.4, -0.2) is 68.6 Å². The molecule has 2 N–H and O–H groups in total. The van der Waals surface area contributed by atoms with Gasteiger partial charge < -0.3 is 29.6 Å². The van der Waals surface area contributed by atoms with Gasteiger partial charge >= 0.3 is 6.03 Å². The number of hydrogen-bond acceptors (Lipinski definition) is 5. The maximum absolute atomic E-state index is 12.7. The molecule has 3 amide bonds. The number of amides is 3. The van der Waals surface area contributed by atoms with Crippen molar-refractivity contribution in [1.29, 1.82) is 0 Å². The molecule has 3 heterocycles. The minimum atomic E-state index is -0.0938. The molecule has 0 bridgehead atoms. The molecule has 1 unspecified atom stereocenters. The molecule has 0 saturated carbocycles. The van der Waals surface area contributed by atoms with E-state index in [0.29, 0.717) is 43.1 Å². The van der Waals surface area contributed by atoms with E-state index in [9.17, 15) is 9.59 Å². The molecule has 2 fully saturated rings. The predicted molar refractivity (Wildman–Crippen MR) is 119 cm³/mol. The number of benzene rings is 2. The summed E-state index contributed by atoms with van der Waals surface area (Å²) in [6.07, 6.45) is 0.452. The summed E-state index contributed by atoms with van der Waals surface area (Å²) in [7, 11) is 3.68. The molecule has 0 aliphatic carbocycles. The molecule has 162 valence electrons. The summed E-state index contributed by atoms with van der Waals surface area (Å²) in [4.78, 5) is 28.6. The zero-order chi connectivity index (χ0) is 21.5. The van der Waals surface area contributed by atoms with Gasteiger partial charge in [-0.05, 0) is 36.9 Å². The Bertz CT molecular complexity index is 1160. The van der Waals surface area contributed by atoms with Crippen LogP contribution in [-0.2, 0) is 4.79 Å². The van der Waals surface area contributed by atoms with E-state index in [1.165, 1.54) is 0 Å². The fourth-order valence-corrected chi connectivity index (χ4v) is 4.50. The summed E-state index contributed by atoms with van der Waals surface area (Å²) >= 11 is 0. The molecule has 1 atom stereocenters. The number of methoxy groups -OCH3 is 1. The lowest BCUT2D eigenvalue weighted by Crippen LogP contribution is -2.48. The minimum Gasteiger partial charge on any atom is -0.493 e. The van der Waals surface area contributed by atoms with Crippen molar-refractivity contribution in [1.82, 2.24) is 15.1 Å². The maximum Gasteiger partial charge on any atom is 0.321 e. The number of anilines is 1. The van der Waals surface area contributed by atoms with Crippen molar-refractivity contribution >= 4 is 39.6 Å². The van der Waals surface area contributed by atoms with Crippen LogP contribution in [0.25, 0.3) is 21.9 Å². The summed E-state index contributed by atoms with van der Waals surface area (Å²) in [5.41, 5.74) is 3.15. The monoisotopic (exact) mass is 422 g/mol. The first-order valence-electron chi connectivity index (χ1n) is 10.6. The lowest BCUT2D eigenvalue weighted by Gasteiger charge is -2.32. The fourth-order valence-electron chi connectivity index (χ4n) is 4.50. The summed E-state index contributed by atoms with van der Waals surface area (Å²) in [5, 5.41) is 7.78. The van der Waals surface area contributed by atoms with Gasteiger partial charge in [0.2, 0.25) is 5.91 Å². The molecular weight excluding hydrogens is 396 g/mol. The number of carbonyl (C=O) groups is 2. The third-order valence-electron chi connectivity index (χ3n) is 6.29. The molecule has 0 spiro atoms. The SMILES string of the molecule is COc1ccc(C2CNC(=O)C2)c2c1oc1ccc(NC(=O)N3CCN(C)CC3)cc12. The summed E-state index contributed by atoms with van der Waals surface area (Å²) < 4.78 is 11.7. The third-order valence-corrected chi connectivity index (χ3v) is 6.29. The topological polar surface area (TPSA) is 87.0 Å². The second-order valence-electron chi connectivity index (χ2n) is 8.30. The van der Waals surface area contributed by atoms with Gasteiger partial charge in [-0.25, -0.2) is 4.79 Å². The van der Waals surface area contributed by atoms with Crippen molar-refractivity contribution in [3.8, 4) is 5.75 Å².